The van der Waals surface area contributed by atoms with Gasteiger partial charge >= 0.3 is 6.09 Å². The molecule has 6 nitrogen and oxygen atoms in total. The van der Waals surface area contributed by atoms with Crippen molar-refractivity contribution in [2.75, 3.05) is 38.0 Å². The van der Waals surface area contributed by atoms with Crippen LogP contribution in [0.5, 0.6) is 0 Å². The lowest BCUT2D eigenvalue weighted by molar-refractivity contribution is 0.187. The predicted octanol–water partition coefficient (Wildman–Crippen LogP) is 1.71. The third-order valence-corrected chi connectivity index (χ3v) is 2.03. The van der Waals surface area contributed by atoms with Crippen LogP contribution in [-0.4, -0.2) is 38.4 Å². The van der Waals surface area contributed by atoms with Crippen LogP contribution in [0.1, 0.15) is 6.42 Å². The fourth-order valence-electron chi connectivity index (χ4n) is 1.18. The Labute approximate surface area is 100 Å². The van der Waals surface area contributed by atoms with Crippen molar-refractivity contribution in [1.29, 1.82) is 0 Å². The highest BCUT2D eigenvalue weighted by molar-refractivity contribution is 5.83. The van der Waals surface area contributed by atoms with Crippen LogP contribution in [0.15, 0.2) is 18.3 Å². The molecule has 17 heavy (non-hydrogen) atoms. The molecule has 0 saturated heterocycles. The normalized spacial score (nSPS) is 9.76. The average molecular weight is 239 g/mol. The van der Waals surface area contributed by atoms with E-state index in [1.807, 2.05) is 6.07 Å². The van der Waals surface area contributed by atoms with Crippen LogP contribution in [0.4, 0.5) is 16.3 Å². The number of ether oxygens (including phenoxy) is 2. The second-order valence-electron chi connectivity index (χ2n) is 3.32. The van der Waals surface area contributed by atoms with Crippen molar-refractivity contribution in [1.82, 2.24) is 4.98 Å². The minimum Gasteiger partial charge on any atom is -0.453 e. The van der Waals surface area contributed by atoms with Crippen molar-refractivity contribution in [3.8, 4) is 0 Å². The van der Waals surface area contributed by atoms with Gasteiger partial charge in [0, 0.05) is 20.3 Å². The first-order valence-electron chi connectivity index (χ1n) is 5.30. The first kappa shape index (κ1) is 13.2. The molecule has 0 fully saturated rings. The SMILES string of the molecule is COCCCNc1ccc(NC(=O)OC)nc1. The Morgan fingerprint density at radius 1 is 1.41 bits per heavy atom. The second kappa shape index (κ2) is 7.45. The lowest BCUT2D eigenvalue weighted by atomic mass is 10.3. The van der Waals surface area contributed by atoms with Crippen molar-refractivity contribution in [2.45, 2.75) is 6.42 Å². The van der Waals surface area contributed by atoms with Crippen molar-refractivity contribution >= 4 is 17.6 Å². The van der Waals surface area contributed by atoms with Crippen LogP contribution in [0, 0.1) is 0 Å². The number of nitrogens with zero attached hydrogens (tertiary/aromatic N) is 1. The molecule has 1 rings (SSSR count). The fraction of sp³-hybridized carbons (Fsp3) is 0.455. The Kier molecular flexibility index (Phi) is 5.81. The molecule has 0 spiro atoms. The maximum Gasteiger partial charge on any atom is 0.412 e. The van der Waals surface area contributed by atoms with E-state index in [9.17, 15) is 4.79 Å². The highest BCUT2D eigenvalue weighted by atomic mass is 16.5. The molecule has 2 N–H and O–H groups in total. The van der Waals surface area contributed by atoms with E-state index in [4.69, 9.17) is 4.74 Å². The minimum atomic E-state index is -0.529. The molecule has 0 bridgehead atoms. The van der Waals surface area contributed by atoms with Gasteiger partial charge in [0.05, 0.1) is 19.0 Å². The molecule has 0 unspecified atom stereocenters. The van der Waals surface area contributed by atoms with Crippen molar-refractivity contribution in [3.63, 3.8) is 0 Å². The summed E-state index contributed by atoms with van der Waals surface area (Å²) < 4.78 is 9.39. The fourth-order valence-corrected chi connectivity index (χ4v) is 1.18. The lowest BCUT2D eigenvalue weighted by Crippen LogP contribution is -2.12. The van der Waals surface area contributed by atoms with Gasteiger partial charge in [-0.2, -0.15) is 0 Å². The van der Waals surface area contributed by atoms with Crippen molar-refractivity contribution < 1.29 is 14.3 Å². The third-order valence-electron chi connectivity index (χ3n) is 2.03. The molecule has 1 heterocycles. The van der Waals surface area contributed by atoms with Gasteiger partial charge in [-0.05, 0) is 18.6 Å². The number of nitrogens with one attached hydrogen (secondary N) is 2. The summed E-state index contributed by atoms with van der Waals surface area (Å²) in [5, 5.41) is 5.66. The molecule has 0 aliphatic heterocycles. The van der Waals surface area contributed by atoms with Gasteiger partial charge in [0.25, 0.3) is 0 Å². The van der Waals surface area contributed by atoms with Gasteiger partial charge in [-0.3, -0.25) is 5.32 Å². The van der Waals surface area contributed by atoms with Crippen LogP contribution in [0.25, 0.3) is 0 Å². The monoisotopic (exact) mass is 239 g/mol. The molecule has 0 aliphatic carbocycles. The van der Waals surface area contributed by atoms with Crippen LogP contribution >= 0.6 is 0 Å². The molecular weight excluding hydrogens is 222 g/mol. The summed E-state index contributed by atoms with van der Waals surface area (Å²) in [7, 11) is 2.98. The Morgan fingerprint density at radius 3 is 2.82 bits per heavy atom. The first-order chi connectivity index (χ1) is 8.26. The van der Waals surface area contributed by atoms with Crippen LogP contribution in [0.2, 0.25) is 0 Å². The van der Waals surface area contributed by atoms with Crippen LogP contribution in [-0.2, 0) is 9.47 Å². The van der Waals surface area contributed by atoms with Crippen molar-refractivity contribution in [2.24, 2.45) is 0 Å². The molecular formula is C11H17N3O3. The van der Waals surface area contributed by atoms with E-state index < -0.39 is 6.09 Å². The molecule has 0 radical (unpaired) electrons. The predicted molar refractivity (Wildman–Crippen MR) is 65.2 cm³/mol. The summed E-state index contributed by atoms with van der Waals surface area (Å²) in [6, 6.07) is 3.54. The molecule has 0 saturated carbocycles. The number of pyridine rings is 1. The molecule has 1 amide bonds. The Morgan fingerprint density at radius 2 is 2.24 bits per heavy atom. The number of hydrogen-bond donors (Lipinski definition) is 2. The van der Waals surface area contributed by atoms with E-state index in [1.54, 1.807) is 19.4 Å². The van der Waals surface area contributed by atoms with Gasteiger partial charge in [0.1, 0.15) is 5.82 Å². The third kappa shape index (κ3) is 5.17. The number of carbonyl (C=O) groups excluding carboxylic acids is 1. The number of rotatable bonds is 6. The molecule has 0 atom stereocenters. The molecule has 94 valence electrons. The largest absolute Gasteiger partial charge is 0.453 e. The number of hydrogen-bond acceptors (Lipinski definition) is 5. The quantitative estimate of drug-likeness (QED) is 0.739. The highest BCUT2D eigenvalue weighted by Gasteiger charge is 2.01. The topological polar surface area (TPSA) is 72.5 Å². The van der Waals surface area contributed by atoms with E-state index >= 15 is 0 Å². The Bertz CT molecular complexity index is 340. The van der Waals surface area contributed by atoms with Crippen molar-refractivity contribution in [3.05, 3.63) is 18.3 Å². The van der Waals surface area contributed by atoms with Gasteiger partial charge in [-0.1, -0.05) is 0 Å². The summed E-state index contributed by atoms with van der Waals surface area (Å²) in [6.07, 6.45) is 2.05. The maximum atomic E-state index is 10.9. The van der Waals surface area contributed by atoms with Crippen LogP contribution < -0.4 is 10.6 Å². The number of methoxy groups -OCH3 is 2. The zero-order chi connectivity index (χ0) is 12.5. The number of anilines is 2. The van der Waals surface area contributed by atoms with E-state index in [0.29, 0.717) is 5.82 Å². The lowest BCUT2D eigenvalue weighted by Gasteiger charge is -2.07. The van der Waals surface area contributed by atoms with E-state index in [0.717, 1.165) is 25.3 Å². The Balaban J connectivity index is 2.36. The number of carbonyl (C=O) groups is 1. The zero-order valence-corrected chi connectivity index (χ0v) is 10.0. The Hall–Kier alpha value is -1.82. The van der Waals surface area contributed by atoms with Gasteiger partial charge in [0.15, 0.2) is 0 Å². The summed E-state index contributed by atoms with van der Waals surface area (Å²) >= 11 is 0. The van der Waals surface area contributed by atoms with Gasteiger partial charge < -0.3 is 14.8 Å². The molecule has 1 aromatic heterocycles. The molecule has 1 aromatic rings. The molecule has 0 aliphatic rings. The van der Waals surface area contributed by atoms with E-state index in [-0.39, 0.29) is 0 Å². The van der Waals surface area contributed by atoms with Gasteiger partial charge in [0.2, 0.25) is 0 Å². The van der Waals surface area contributed by atoms with Crippen LogP contribution in [0.3, 0.4) is 0 Å². The molecule has 0 aromatic carbocycles. The summed E-state index contributed by atoms with van der Waals surface area (Å²) in [5.41, 5.74) is 0.900. The average Bonchev–Trinajstić information content (AvgIpc) is 2.36. The second-order valence-corrected chi connectivity index (χ2v) is 3.32. The maximum absolute atomic E-state index is 10.9. The van der Waals surface area contributed by atoms with Gasteiger partial charge in [-0.25, -0.2) is 9.78 Å². The zero-order valence-electron chi connectivity index (χ0n) is 10.0. The smallest absolute Gasteiger partial charge is 0.412 e. The standard InChI is InChI=1S/C11H17N3O3/c1-16-7-3-6-12-9-4-5-10(13-8-9)14-11(15)17-2/h4-5,8,12H,3,6-7H2,1-2H3,(H,13,14,15). The van der Waals surface area contributed by atoms with E-state index in [1.165, 1.54) is 7.11 Å². The highest BCUT2D eigenvalue weighted by Crippen LogP contribution is 2.09. The van der Waals surface area contributed by atoms with Gasteiger partial charge in [-0.15, -0.1) is 0 Å². The number of aromatic nitrogens is 1. The minimum absolute atomic E-state index is 0.458. The first-order valence-corrected chi connectivity index (χ1v) is 5.30. The number of amides is 1. The summed E-state index contributed by atoms with van der Waals surface area (Å²) in [4.78, 5) is 15.0. The van der Waals surface area contributed by atoms with E-state index in [2.05, 4.69) is 20.4 Å². The summed E-state index contributed by atoms with van der Waals surface area (Å²) in [5.74, 6) is 0.458. The molecule has 6 heteroatoms. The summed E-state index contributed by atoms with van der Waals surface area (Å²) in [6.45, 7) is 1.54.